The SMILES string of the molecule is COCCCNC(=O)C(C)N1CCN(C(=O)C2(N)CCCC2)CC1.Cl.Cl. The number of carbonyl (C=O) groups is 2. The molecule has 154 valence electrons. The van der Waals surface area contributed by atoms with Gasteiger partial charge in [-0.15, -0.1) is 24.8 Å². The van der Waals surface area contributed by atoms with Crippen molar-refractivity contribution in [2.45, 2.75) is 50.6 Å². The topological polar surface area (TPSA) is 87.9 Å². The number of nitrogens with one attached hydrogen (secondary N) is 1. The van der Waals surface area contributed by atoms with Gasteiger partial charge in [-0.2, -0.15) is 0 Å². The molecule has 7 nitrogen and oxygen atoms in total. The number of ether oxygens (including phenoxy) is 1. The summed E-state index contributed by atoms with van der Waals surface area (Å²) in [6, 6.07) is -0.178. The van der Waals surface area contributed by atoms with Gasteiger partial charge in [0.1, 0.15) is 0 Å². The Morgan fingerprint density at radius 3 is 2.27 bits per heavy atom. The van der Waals surface area contributed by atoms with Crippen molar-refractivity contribution in [2.75, 3.05) is 46.4 Å². The van der Waals surface area contributed by atoms with Gasteiger partial charge in [0.25, 0.3) is 0 Å². The number of rotatable bonds is 7. The summed E-state index contributed by atoms with van der Waals surface area (Å²) in [6.07, 6.45) is 4.50. The van der Waals surface area contributed by atoms with Gasteiger partial charge in [-0.25, -0.2) is 0 Å². The highest BCUT2D eigenvalue weighted by Gasteiger charge is 2.41. The van der Waals surface area contributed by atoms with E-state index in [1.165, 1.54) is 0 Å². The van der Waals surface area contributed by atoms with Crippen LogP contribution in [-0.2, 0) is 14.3 Å². The van der Waals surface area contributed by atoms with E-state index in [0.29, 0.717) is 39.3 Å². The van der Waals surface area contributed by atoms with Gasteiger partial charge in [-0.05, 0) is 26.2 Å². The number of halogens is 2. The van der Waals surface area contributed by atoms with Crippen molar-refractivity contribution < 1.29 is 14.3 Å². The summed E-state index contributed by atoms with van der Waals surface area (Å²) in [5.74, 6) is 0.133. The molecule has 1 aliphatic heterocycles. The Morgan fingerprint density at radius 2 is 1.73 bits per heavy atom. The average molecular weight is 413 g/mol. The highest BCUT2D eigenvalue weighted by Crippen LogP contribution is 2.29. The van der Waals surface area contributed by atoms with Gasteiger partial charge in [0, 0.05) is 46.4 Å². The molecule has 0 aromatic rings. The largest absolute Gasteiger partial charge is 0.385 e. The van der Waals surface area contributed by atoms with Gasteiger partial charge in [0.15, 0.2) is 0 Å². The third-order valence-electron chi connectivity index (χ3n) is 5.27. The Kier molecular flexibility index (Phi) is 11.7. The molecule has 0 spiro atoms. The van der Waals surface area contributed by atoms with Crippen LogP contribution in [0, 0.1) is 0 Å². The van der Waals surface area contributed by atoms with E-state index < -0.39 is 5.54 Å². The molecule has 3 N–H and O–H groups in total. The standard InChI is InChI=1S/C17H32N4O3.2ClH/c1-14(15(22)19-8-5-13-24-2)20-9-11-21(12-10-20)16(23)17(18)6-3-4-7-17;;/h14H,3-13,18H2,1-2H3,(H,19,22);2*1H. The van der Waals surface area contributed by atoms with Gasteiger partial charge in [0.05, 0.1) is 11.6 Å². The first-order valence-corrected chi connectivity index (χ1v) is 9.07. The number of hydrogen-bond acceptors (Lipinski definition) is 5. The predicted molar refractivity (Wildman–Crippen MR) is 107 cm³/mol. The van der Waals surface area contributed by atoms with E-state index in [2.05, 4.69) is 10.2 Å². The first-order valence-electron chi connectivity index (χ1n) is 9.07. The Labute approximate surface area is 169 Å². The summed E-state index contributed by atoms with van der Waals surface area (Å²) in [6.45, 7) is 5.94. The van der Waals surface area contributed by atoms with Crippen molar-refractivity contribution in [2.24, 2.45) is 5.73 Å². The summed E-state index contributed by atoms with van der Waals surface area (Å²) in [5, 5.41) is 2.94. The number of carbonyl (C=O) groups excluding carboxylic acids is 2. The molecule has 2 rings (SSSR count). The maximum Gasteiger partial charge on any atom is 0.242 e. The lowest BCUT2D eigenvalue weighted by Crippen LogP contribution is -2.60. The van der Waals surface area contributed by atoms with Gasteiger partial charge < -0.3 is 20.7 Å². The highest BCUT2D eigenvalue weighted by molar-refractivity contribution is 5.86. The van der Waals surface area contributed by atoms with Crippen LogP contribution >= 0.6 is 24.8 Å². The minimum Gasteiger partial charge on any atom is -0.385 e. The minimum absolute atomic E-state index is 0. The molecule has 26 heavy (non-hydrogen) atoms. The lowest BCUT2D eigenvalue weighted by molar-refractivity contribution is -0.139. The zero-order valence-electron chi connectivity index (χ0n) is 15.9. The maximum absolute atomic E-state index is 12.6. The molecular weight excluding hydrogens is 379 g/mol. The Balaban J connectivity index is 0.00000312. The molecule has 1 atom stereocenters. The van der Waals surface area contributed by atoms with E-state index in [-0.39, 0.29) is 42.7 Å². The maximum atomic E-state index is 12.6. The summed E-state index contributed by atoms with van der Waals surface area (Å²) < 4.78 is 4.98. The van der Waals surface area contributed by atoms with Crippen LogP contribution in [0.5, 0.6) is 0 Å². The third-order valence-corrected chi connectivity index (χ3v) is 5.27. The second-order valence-electron chi connectivity index (χ2n) is 7.00. The number of amides is 2. The summed E-state index contributed by atoms with van der Waals surface area (Å²) >= 11 is 0. The number of hydrogen-bond donors (Lipinski definition) is 2. The van der Waals surface area contributed by atoms with Crippen LogP contribution in [0.1, 0.15) is 39.0 Å². The van der Waals surface area contributed by atoms with E-state index in [4.69, 9.17) is 10.5 Å². The summed E-state index contributed by atoms with van der Waals surface area (Å²) in [5.41, 5.74) is 5.63. The fourth-order valence-electron chi connectivity index (χ4n) is 3.59. The van der Waals surface area contributed by atoms with E-state index in [9.17, 15) is 9.59 Å². The molecule has 1 unspecified atom stereocenters. The van der Waals surface area contributed by atoms with Crippen LogP contribution < -0.4 is 11.1 Å². The molecule has 0 aromatic carbocycles. The van der Waals surface area contributed by atoms with Crippen molar-refractivity contribution in [3.63, 3.8) is 0 Å². The fraction of sp³-hybridized carbons (Fsp3) is 0.882. The van der Waals surface area contributed by atoms with Crippen molar-refractivity contribution in [3.8, 4) is 0 Å². The van der Waals surface area contributed by atoms with Crippen LogP contribution in [0.3, 0.4) is 0 Å². The monoisotopic (exact) mass is 412 g/mol. The number of methoxy groups -OCH3 is 1. The molecule has 0 aromatic heterocycles. The van der Waals surface area contributed by atoms with Gasteiger partial charge in [0.2, 0.25) is 11.8 Å². The van der Waals surface area contributed by atoms with Gasteiger partial charge in [-0.3, -0.25) is 14.5 Å². The fourth-order valence-corrected chi connectivity index (χ4v) is 3.59. The smallest absolute Gasteiger partial charge is 0.242 e. The molecule has 2 amide bonds. The molecule has 2 aliphatic rings. The van der Waals surface area contributed by atoms with Crippen LogP contribution in [0.15, 0.2) is 0 Å². The molecule has 9 heteroatoms. The van der Waals surface area contributed by atoms with Crippen LogP contribution in [0.25, 0.3) is 0 Å². The lowest BCUT2D eigenvalue weighted by Gasteiger charge is -2.40. The molecule has 0 bridgehead atoms. The quantitative estimate of drug-likeness (QED) is 0.603. The van der Waals surface area contributed by atoms with Gasteiger partial charge in [-0.1, -0.05) is 12.8 Å². The molecular formula is C17H34Cl2N4O3. The lowest BCUT2D eigenvalue weighted by atomic mass is 9.96. The normalized spacial score (nSPS) is 20.7. The number of nitrogens with two attached hydrogens (primary N) is 1. The van der Waals surface area contributed by atoms with Crippen molar-refractivity contribution in [1.82, 2.24) is 15.1 Å². The molecule has 1 heterocycles. The van der Waals surface area contributed by atoms with Crippen molar-refractivity contribution in [1.29, 1.82) is 0 Å². The Bertz CT molecular complexity index is 440. The van der Waals surface area contributed by atoms with Crippen molar-refractivity contribution in [3.05, 3.63) is 0 Å². The van der Waals surface area contributed by atoms with Crippen LogP contribution in [0.4, 0.5) is 0 Å². The third kappa shape index (κ3) is 6.53. The Morgan fingerprint density at radius 1 is 1.15 bits per heavy atom. The van der Waals surface area contributed by atoms with Gasteiger partial charge >= 0.3 is 0 Å². The molecule has 1 saturated heterocycles. The zero-order valence-corrected chi connectivity index (χ0v) is 17.5. The van der Waals surface area contributed by atoms with E-state index in [0.717, 1.165) is 32.1 Å². The number of piperazine rings is 1. The first kappa shape index (κ1) is 25.4. The zero-order chi connectivity index (χ0) is 17.6. The molecule has 0 radical (unpaired) electrons. The van der Waals surface area contributed by atoms with Crippen LogP contribution in [-0.4, -0.2) is 79.6 Å². The van der Waals surface area contributed by atoms with E-state index in [1.54, 1.807) is 7.11 Å². The van der Waals surface area contributed by atoms with E-state index in [1.807, 2.05) is 11.8 Å². The summed E-state index contributed by atoms with van der Waals surface area (Å²) in [4.78, 5) is 28.8. The van der Waals surface area contributed by atoms with E-state index >= 15 is 0 Å². The predicted octanol–water partition coefficient (Wildman–Crippen LogP) is 0.787. The molecule has 1 saturated carbocycles. The summed E-state index contributed by atoms with van der Waals surface area (Å²) in [7, 11) is 1.66. The van der Waals surface area contributed by atoms with Crippen LogP contribution in [0.2, 0.25) is 0 Å². The Hall–Kier alpha value is -0.600. The highest BCUT2D eigenvalue weighted by atomic mass is 35.5. The minimum atomic E-state index is -0.646. The molecule has 2 fully saturated rings. The second kappa shape index (κ2) is 12.0. The molecule has 1 aliphatic carbocycles. The second-order valence-corrected chi connectivity index (χ2v) is 7.00. The average Bonchev–Trinajstić information content (AvgIpc) is 3.05. The first-order chi connectivity index (χ1) is 11.5. The van der Waals surface area contributed by atoms with Crippen molar-refractivity contribution >= 4 is 36.6 Å². The number of nitrogens with zero attached hydrogens (tertiary/aromatic N) is 2.